The summed E-state index contributed by atoms with van der Waals surface area (Å²) in [7, 11) is 0. The van der Waals surface area contributed by atoms with Gasteiger partial charge in [0, 0.05) is 19.6 Å². The normalized spacial score (nSPS) is 10.2. The second-order valence-electron chi connectivity index (χ2n) is 2.85. The highest BCUT2D eigenvalue weighted by Crippen LogP contribution is 1.89. The van der Waals surface area contributed by atoms with E-state index < -0.39 is 0 Å². The van der Waals surface area contributed by atoms with Crippen LogP contribution in [0.4, 0.5) is 0 Å². The van der Waals surface area contributed by atoms with Gasteiger partial charge in [-0.05, 0) is 12.8 Å². The highest BCUT2D eigenvalue weighted by Gasteiger charge is 1.91. The van der Waals surface area contributed by atoms with Gasteiger partial charge in [-0.3, -0.25) is 5.41 Å². The minimum absolute atomic E-state index is 0.228. The van der Waals surface area contributed by atoms with Gasteiger partial charge in [0.05, 0.1) is 19.0 Å². The third-order valence-electron chi connectivity index (χ3n) is 1.46. The molecule has 4 nitrogen and oxygen atoms in total. The standard InChI is InChI=1S/C9H20N2O2/c1-2-5-12-7-8-13-6-3-4-9(10)11/h2-8H2,1H3,(H3,10,11). The van der Waals surface area contributed by atoms with E-state index in [-0.39, 0.29) is 5.84 Å². The molecular formula is C9H20N2O2. The van der Waals surface area contributed by atoms with Crippen LogP contribution in [0.3, 0.4) is 0 Å². The molecule has 0 atom stereocenters. The molecule has 0 aromatic rings. The van der Waals surface area contributed by atoms with Crippen LogP contribution in [-0.2, 0) is 9.47 Å². The van der Waals surface area contributed by atoms with Crippen LogP contribution >= 0.6 is 0 Å². The van der Waals surface area contributed by atoms with E-state index in [4.69, 9.17) is 20.6 Å². The lowest BCUT2D eigenvalue weighted by molar-refractivity contribution is 0.0476. The molecule has 0 saturated carbocycles. The van der Waals surface area contributed by atoms with Crippen molar-refractivity contribution in [2.45, 2.75) is 26.2 Å². The van der Waals surface area contributed by atoms with Crippen molar-refractivity contribution in [3.8, 4) is 0 Å². The number of nitrogens with two attached hydrogens (primary N) is 1. The van der Waals surface area contributed by atoms with Gasteiger partial charge in [-0.1, -0.05) is 6.92 Å². The number of amidine groups is 1. The molecule has 0 heterocycles. The van der Waals surface area contributed by atoms with E-state index in [0.717, 1.165) is 19.4 Å². The van der Waals surface area contributed by atoms with Crippen LogP contribution in [0.5, 0.6) is 0 Å². The number of ether oxygens (including phenoxy) is 2. The van der Waals surface area contributed by atoms with Gasteiger partial charge in [0.15, 0.2) is 0 Å². The summed E-state index contributed by atoms with van der Waals surface area (Å²) in [6.07, 6.45) is 2.49. The van der Waals surface area contributed by atoms with Crippen molar-refractivity contribution in [1.29, 1.82) is 5.41 Å². The molecule has 0 unspecified atom stereocenters. The Balaban J connectivity index is 2.87. The molecule has 13 heavy (non-hydrogen) atoms. The van der Waals surface area contributed by atoms with E-state index in [1.807, 2.05) is 0 Å². The number of hydrogen-bond acceptors (Lipinski definition) is 3. The van der Waals surface area contributed by atoms with E-state index >= 15 is 0 Å². The SMILES string of the molecule is CCCOCCOCCCC(=N)N. The second-order valence-corrected chi connectivity index (χ2v) is 2.85. The maximum Gasteiger partial charge on any atom is 0.0906 e. The molecule has 0 aromatic carbocycles. The van der Waals surface area contributed by atoms with Gasteiger partial charge in [-0.2, -0.15) is 0 Å². The maximum absolute atomic E-state index is 6.96. The summed E-state index contributed by atoms with van der Waals surface area (Å²) in [6, 6.07) is 0. The smallest absolute Gasteiger partial charge is 0.0906 e. The van der Waals surface area contributed by atoms with Gasteiger partial charge in [0.1, 0.15) is 0 Å². The van der Waals surface area contributed by atoms with Crippen molar-refractivity contribution >= 4 is 5.84 Å². The first-order valence-corrected chi connectivity index (χ1v) is 4.75. The predicted octanol–water partition coefficient (Wildman–Crippen LogP) is 1.15. The number of rotatable bonds is 9. The van der Waals surface area contributed by atoms with Gasteiger partial charge in [0.25, 0.3) is 0 Å². The Bertz CT molecular complexity index is 129. The molecule has 0 spiro atoms. The van der Waals surface area contributed by atoms with E-state index in [2.05, 4.69) is 6.92 Å². The summed E-state index contributed by atoms with van der Waals surface area (Å²) in [4.78, 5) is 0. The van der Waals surface area contributed by atoms with Gasteiger partial charge in [-0.25, -0.2) is 0 Å². The lowest BCUT2D eigenvalue weighted by atomic mass is 10.3. The summed E-state index contributed by atoms with van der Waals surface area (Å²) >= 11 is 0. The predicted molar refractivity (Wildman–Crippen MR) is 53.1 cm³/mol. The molecule has 0 amide bonds. The molecule has 4 heteroatoms. The van der Waals surface area contributed by atoms with Crippen LogP contribution in [0.1, 0.15) is 26.2 Å². The van der Waals surface area contributed by atoms with Crippen molar-refractivity contribution in [3.05, 3.63) is 0 Å². The highest BCUT2D eigenvalue weighted by molar-refractivity contribution is 5.76. The molecule has 0 aliphatic carbocycles. The molecule has 78 valence electrons. The zero-order valence-electron chi connectivity index (χ0n) is 8.34. The molecule has 0 radical (unpaired) electrons. The Labute approximate surface area is 79.9 Å². The Kier molecular flexibility index (Phi) is 9.03. The molecule has 0 bridgehead atoms. The molecule has 0 aliphatic heterocycles. The van der Waals surface area contributed by atoms with Crippen molar-refractivity contribution in [2.75, 3.05) is 26.4 Å². The Hall–Kier alpha value is -0.610. The topological polar surface area (TPSA) is 68.3 Å². The zero-order chi connectivity index (χ0) is 9.94. The summed E-state index contributed by atoms with van der Waals surface area (Å²) in [6.45, 7) is 4.84. The summed E-state index contributed by atoms with van der Waals surface area (Å²) in [5.74, 6) is 0.228. The van der Waals surface area contributed by atoms with Gasteiger partial charge >= 0.3 is 0 Å². The molecule has 0 fully saturated rings. The first-order valence-electron chi connectivity index (χ1n) is 4.75. The summed E-state index contributed by atoms with van der Waals surface area (Å²) in [5, 5.41) is 6.96. The largest absolute Gasteiger partial charge is 0.388 e. The Morgan fingerprint density at radius 2 is 1.77 bits per heavy atom. The maximum atomic E-state index is 6.96. The van der Waals surface area contributed by atoms with Crippen molar-refractivity contribution in [3.63, 3.8) is 0 Å². The highest BCUT2D eigenvalue weighted by atomic mass is 16.5. The van der Waals surface area contributed by atoms with Gasteiger partial charge in [0.2, 0.25) is 0 Å². The Morgan fingerprint density at radius 3 is 2.31 bits per heavy atom. The van der Waals surface area contributed by atoms with Crippen LogP contribution in [0, 0.1) is 5.41 Å². The number of hydrogen-bond donors (Lipinski definition) is 2. The first kappa shape index (κ1) is 12.4. The van der Waals surface area contributed by atoms with E-state index in [0.29, 0.717) is 26.2 Å². The van der Waals surface area contributed by atoms with Crippen molar-refractivity contribution in [1.82, 2.24) is 0 Å². The fourth-order valence-electron chi connectivity index (χ4n) is 0.831. The third kappa shape index (κ3) is 11.4. The quantitative estimate of drug-likeness (QED) is 0.324. The molecule has 0 aromatic heterocycles. The van der Waals surface area contributed by atoms with Crippen LogP contribution in [-0.4, -0.2) is 32.3 Å². The average Bonchev–Trinajstić information content (AvgIpc) is 2.09. The van der Waals surface area contributed by atoms with Crippen LogP contribution in [0.2, 0.25) is 0 Å². The third-order valence-corrected chi connectivity index (χ3v) is 1.46. The number of nitrogens with one attached hydrogen (secondary N) is 1. The minimum atomic E-state index is 0.228. The molecule has 0 saturated heterocycles. The van der Waals surface area contributed by atoms with Crippen LogP contribution < -0.4 is 5.73 Å². The van der Waals surface area contributed by atoms with Crippen molar-refractivity contribution in [2.24, 2.45) is 5.73 Å². The molecular weight excluding hydrogens is 168 g/mol. The van der Waals surface area contributed by atoms with Crippen LogP contribution in [0.15, 0.2) is 0 Å². The summed E-state index contributed by atoms with van der Waals surface area (Å²) < 4.78 is 10.5. The molecule has 0 rings (SSSR count). The van der Waals surface area contributed by atoms with Gasteiger partial charge in [-0.15, -0.1) is 0 Å². The van der Waals surface area contributed by atoms with Gasteiger partial charge < -0.3 is 15.2 Å². The van der Waals surface area contributed by atoms with E-state index in [1.165, 1.54) is 0 Å². The monoisotopic (exact) mass is 188 g/mol. The van der Waals surface area contributed by atoms with Crippen LogP contribution in [0.25, 0.3) is 0 Å². The Morgan fingerprint density at radius 1 is 1.15 bits per heavy atom. The lowest BCUT2D eigenvalue weighted by Crippen LogP contribution is -2.11. The zero-order valence-corrected chi connectivity index (χ0v) is 8.34. The fourth-order valence-corrected chi connectivity index (χ4v) is 0.831. The van der Waals surface area contributed by atoms with E-state index in [1.54, 1.807) is 0 Å². The second kappa shape index (κ2) is 9.48. The first-order chi connectivity index (χ1) is 6.27. The summed E-state index contributed by atoms with van der Waals surface area (Å²) in [5.41, 5.74) is 5.18. The molecule has 3 N–H and O–H groups in total. The van der Waals surface area contributed by atoms with Crippen molar-refractivity contribution < 1.29 is 9.47 Å². The minimum Gasteiger partial charge on any atom is -0.388 e. The average molecular weight is 188 g/mol. The molecule has 0 aliphatic rings. The van der Waals surface area contributed by atoms with E-state index in [9.17, 15) is 0 Å². The fraction of sp³-hybridized carbons (Fsp3) is 0.889. The lowest BCUT2D eigenvalue weighted by Gasteiger charge is -2.04.